The zero-order valence-corrected chi connectivity index (χ0v) is 8.14. The van der Waals surface area contributed by atoms with Crippen LogP contribution in [0.3, 0.4) is 0 Å². The summed E-state index contributed by atoms with van der Waals surface area (Å²) in [5.41, 5.74) is 0.626. The van der Waals surface area contributed by atoms with E-state index in [1.165, 1.54) is 0 Å². The highest BCUT2D eigenvalue weighted by Gasteiger charge is 2.11. The first-order chi connectivity index (χ1) is 7.36. The van der Waals surface area contributed by atoms with Crippen molar-refractivity contribution in [3.8, 4) is 5.75 Å². The van der Waals surface area contributed by atoms with E-state index in [2.05, 4.69) is 5.32 Å². The smallest absolute Gasteiger partial charge is 0.341 e. The molecule has 3 heteroatoms. The third kappa shape index (κ3) is 2.47. The number of carbonyl (C=O) groups is 1. The van der Waals surface area contributed by atoms with Gasteiger partial charge in [-0.15, -0.1) is 0 Å². The summed E-state index contributed by atoms with van der Waals surface area (Å²) >= 11 is 0. The van der Waals surface area contributed by atoms with E-state index in [1.807, 2.05) is 24.3 Å². The summed E-state index contributed by atoms with van der Waals surface area (Å²) < 4.78 is 5.17. The summed E-state index contributed by atoms with van der Waals surface area (Å²) in [5.74, 6) is 0.260. The maximum Gasteiger partial charge on any atom is 0.341 e. The molecule has 0 saturated carbocycles. The molecule has 1 aromatic carbocycles. The van der Waals surface area contributed by atoms with Crippen LogP contribution in [0.2, 0.25) is 0 Å². The molecule has 0 fully saturated rings. The van der Waals surface area contributed by atoms with Crippen molar-refractivity contribution in [2.24, 2.45) is 0 Å². The summed E-state index contributed by atoms with van der Waals surface area (Å²) in [5, 5.41) is 2.86. The van der Waals surface area contributed by atoms with E-state index in [1.54, 1.807) is 24.5 Å². The van der Waals surface area contributed by atoms with Gasteiger partial charge in [0, 0.05) is 12.6 Å². The quantitative estimate of drug-likeness (QED) is 0.587. The van der Waals surface area contributed by atoms with Crippen LogP contribution in [0.4, 0.5) is 0 Å². The molecule has 15 heavy (non-hydrogen) atoms. The second kappa shape index (κ2) is 4.46. The van der Waals surface area contributed by atoms with Crippen molar-refractivity contribution in [1.82, 2.24) is 5.32 Å². The Morgan fingerprint density at radius 3 is 2.73 bits per heavy atom. The molecule has 0 bridgehead atoms. The molecule has 0 unspecified atom stereocenters. The van der Waals surface area contributed by atoms with E-state index in [9.17, 15) is 4.79 Å². The molecule has 0 aliphatic carbocycles. The fourth-order valence-corrected chi connectivity index (χ4v) is 1.26. The molecule has 1 aromatic rings. The Morgan fingerprint density at radius 2 is 2.07 bits per heavy atom. The summed E-state index contributed by atoms with van der Waals surface area (Å²) in [6, 6.07) is 9.04. The Balaban J connectivity index is 2.01. The number of ether oxygens (including phenoxy) is 1. The molecule has 1 aliphatic heterocycles. The fourth-order valence-electron chi connectivity index (χ4n) is 1.26. The van der Waals surface area contributed by atoms with Gasteiger partial charge in [0.05, 0.1) is 5.57 Å². The molecule has 1 N–H and O–H groups in total. The molecular formula is C12H11NO2. The van der Waals surface area contributed by atoms with Crippen molar-refractivity contribution in [2.75, 3.05) is 0 Å². The highest BCUT2D eigenvalue weighted by atomic mass is 16.5. The average Bonchev–Trinajstić information content (AvgIpc) is 2.31. The summed E-state index contributed by atoms with van der Waals surface area (Å²) in [4.78, 5) is 11.6. The standard InChI is InChI=1S/C12H11NO2/c14-12(10-5-4-8-13-9-10)15-11-6-2-1-3-7-11/h1-4,6-9,13H,5H2. The molecule has 0 aromatic heterocycles. The number of hydrogen-bond donors (Lipinski definition) is 1. The predicted molar refractivity (Wildman–Crippen MR) is 57.1 cm³/mol. The minimum atomic E-state index is -0.307. The highest BCUT2D eigenvalue weighted by molar-refractivity contribution is 5.90. The first kappa shape index (κ1) is 9.52. The van der Waals surface area contributed by atoms with E-state index in [4.69, 9.17) is 4.74 Å². The van der Waals surface area contributed by atoms with Gasteiger partial charge in [0.25, 0.3) is 0 Å². The van der Waals surface area contributed by atoms with Gasteiger partial charge in [0.1, 0.15) is 5.75 Å². The van der Waals surface area contributed by atoms with Gasteiger partial charge >= 0.3 is 5.97 Å². The lowest BCUT2D eigenvalue weighted by Gasteiger charge is -2.08. The zero-order chi connectivity index (χ0) is 10.5. The monoisotopic (exact) mass is 201 g/mol. The average molecular weight is 201 g/mol. The van der Waals surface area contributed by atoms with Crippen molar-refractivity contribution in [3.63, 3.8) is 0 Å². The number of allylic oxidation sites excluding steroid dienone is 1. The lowest BCUT2D eigenvalue weighted by atomic mass is 10.2. The van der Waals surface area contributed by atoms with Crippen LogP contribution in [0.1, 0.15) is 6.42 Å². The summed E-state index contributed by atoms with van der Waals surface area (Å²) in [6.45, 7) is 0. The minimum Gasteiger partial charge on any atom is -0.423 e. The van der Waals surface area contributed by atoms with Crippen LogP contribution in [-0.4, -0.2) is 5.97 Å². The molecule has 0 saturated heterocycles. The van der Waals surface area contributed by atoms with Crippen molar-refractivity contribution in [3.05, 3.63) is 54.4 Å². The van der Waals surface area contributed by atoms with Gasteiger partial charge in [0.2, 0.25) is 0 Å². The summed E-state index contributed by atoms with van der Waals surface area (Å²) in [7, 11) is 0. The second-order valence-electron chi connectivity index (χ2n) is 3.15. The van der Waals surface area contributed by atoms with Crippen molar-refractivity contribution < 1.29 is 9.53 Å². The highest BCUT2D eigenvalue weighted by Crippen LogP contribution is 2.13. The zero-order valence-electron chi connectivity index (χ0n) is 8.14. The van der Waals surface area contributed by atoms with Crippen molar-refractivity contribution >= 4 is 5.97 Å². The Bertz CT molecular complexity index is 407. The van der Waals surface area contributed by atoms with Gasteiger partial charge in [-0.05, 0) is 18.3 Å². The molecule has 2 rings (SSSR count). The number of esters is 1. The van der Waals surface area contributed by atoms with Crippen molar-refractivity contribution in [2.45, 2.75) is 6.42 Å². The van der Waals surface area contributed by atoms with E-state index in [-0.39, 0.29) is 5.97 Å². The largest absolute Gasteiger partial charge is 0.423 e. The molecule has 0 atom stereocenters. The third-order valence-electron chi connectivity index (χ3n) is 2.03. The first-order valence-electron chi connectivity index (χ1n) is 4.73. The number of benzene rings is 1. The van der Waals surface area contributed by atoms with Gasteiger partial charge < -0.3 is 10.1 Å². The fraction of sp³-hybridized carbons (Fsp3) is 0.0833. The second-order valence-corrected chi connectivity index (χ2v) is 3.15. The third-order valence-corrected chi connectivity index (χ3v) is 2.03. The van der Waals surface area contributed by atoms with Crippen LogP contribution >= 0.6 is 0 Å². The number of rotatable bonds is 2. The molecule has 0 spiro atoms. The molecule has 76 valence electrons. The van der Waals surface area contributed by atoms with Crippen LogP contribution in [0.15, 0.2) is 54.4 Å². The topological polar surface area (TPSA) is 38.3 Å². The van der Waals surface area contributed by atoms with Crippen LogP contribution in [-0.2, 0) is 4.79 Å². The number of dihydropyridines is 1. The van der Waals surface area contributed by atoms with Gasteiger partial charge in [-0.3, -0.25) is 0 Å². The molecule has 1 heterocycles. The number of nitrogens with one attached hydrogen (secondary N) is 1. The van der Waals surface area contributed by atoms with Gasteiger partial charge in [0.15, 0.2) is 0 Å². The Labute approximate surface area is 88.1 Å². The number of hydrogen-bond acceptors (Lipinski definition) is 3. The van der Waals surface area contributed by atoms with Crippen molar-refractivity contribution in [1.29, 1.82) is 0 Å². The number of para-hydroxylation sites is 1. The Morgan fingerprint density at radius 1 is 1.27 bits per heavy atom. The van der Waals surface area contributed by atoms with E-state index >= 15 is 0 Å². The Hall–Kier alpha value is -2.03. The number of carbonyl (C=O) groups excluding carboxylic acids is 1. The molecule has 3 nitrogen and oxygen atoms in total. The van der Waals surface area contributed by atoms with Crippen LogP contribution in [0.25, 0.3) is 0 Å². The van der Waals surface area contributed by atoms with Crippen LogP contribution < -0.4 is 10.1 Å². The Kier molecular flexibility index (Phi) is 2.83. The maximum atomic E-state index is 11.6. The minimum absolute atomic E-state index is 0.307. The summed E-state index contributed by atoms with van der Waals surface area (Å²) in [6.07, 6.45) is 5.94. The lowest BCUT2D eigenvalue weighted by Crippen LogP contribution is -2.15. The van der Waals surface area contributed by atoms with Crippen LogP contribution in [0.5, 0.6) is 5.75 Å². The predicted octanol–water partition coefficient (Wildman–Crippen LogP) is 1.98. The lowest BCUT2D eigenvalue weighted by molar-refractivity contribution is -0.130. The SMILES string of the molecule is O=C(Oc1ccccc1)C1=CNC=CC1. The first-order valence-corrected chi connectivity index (χ1v) is 4.73. The van der Waals surface area contributed by atoms with E-state index in [0.717, 1.165) is 0 Å². The van der Waals surface area contributed by atoms with Gasteiger partial charge in [-0.2, -0.15) is 0 Å². The molecular weight excluding hydrogens is 190 g/mol. The molecule has 1 aliphatic rings. The molecule has 0 amide bonds. The van der Waals surface area contributed by atoms with E-state index in [0.29, 0.717) is 17.7 Å². The maximum absolute atomic E-state index is 11.6. The normalized spacial score (nSPS) is 14.0. The molecule has 0 radical (unpaired) electrons. The van der Waals surface area contributed by atoms with Gasteiger partial charge in [-0.1, -0.05) is 24.3 Å². The van der Waals surface area contributed by atoms with Crippen LogP contribution in [0, 0.1) is 0 Å². The van der Waals surface area contributed by atoms with E-state index < -0.39 is 0 Å². The van der Waals surface area contributed by atoms with Gasteiger partial charge in [-0.25, -0.2) is 4.79 Å².